The first-order chi connectivity index (χ1) is 15.5. The summed E-state index contributed by atoms with van der Waals surface area (Å²) >= 11 is 3.78. The fourth-order valence-corrected chi connectivity index (χ4v) is 6.12. The maximum Gasteiger partial charge on any atom is 0.260 e. The van der Waals surface area contributed by atoms with Crippen LogP contribution in [0.3, 0.4) is 0 Å². The lowest BCUT2D eigenvalue weighted by Gasteiger charge is -2.22. The molecule has 0 aromatic heterocycles. The number of carbonyl (C=O) groups excluding carboxylic acids is 3. The Labute approximate surface area is 196 Å². The number of carbonyl (C=O) groups is 3. The van der Waals surface area contributed by atoms with Crippen molar-refractivity contribution in [3.05, 3.63) is 59.7 Å². The van der Waals surface area contributed by atoms with Crippen LogP contribution in [0.2, 0.25) is 0 Å². The fourth-order valence-electron chi connectivity index (χ4n) is 3.21. The second-order valence-corrected chi connectivity index (χ2v) is 9.84. The van der Waals surface area contributed by atoms with E-state index in [4.69, 9.17) is 10.5 Å². The smallest absolute Gasteiger partial charge is 0.260 e. The zero-order valence-electron chi connectivity index (χ0n) is 17.9. The summed E-state index contributed by atoms with van der Waals surface area (Å²) in [6.45, 7) is 2.58. The molecule has 0 bridgehead atoms. The Hall–Kier alpha value is -2.65. The van der Waals surface area contributed by atoms with Gasteiger partial charge in [-0.25, -0.2) is 0 Å². The van der Waals surface area contributed by atoms with E-state index < -0.39 is 5.91 Å². The van der Waals surface area contributed by atoms with Gasteiger partial charge in [0.15, 0.2) is 6.61 Å². The second-order valence-electron chi connectivity index (χ2n) is 7.11. The molecular formula is C23H27N3O4S2. The highest BCUT2D eigenvalue weighted by molar-refractivity contribution is 8.19. The van der Waals surface area contributed by atoms with E-state index in [1.807, 2.05) is 54.7 Å². The predicted molar refractivity (Wildman–Crippen MR) is 130 cm³/mol. The average molecular weight is 474 g/mol. The van der Waals surface area contributed by atoms with Gasteiger partial charge in [0.2, 0.25) is 11.8 Å². The number of benzene rings is 2. The van der Waals surface area contributed by atoms with Crippen LogP contribution < -0.4 is 15.8 Å². The lowest BCUT2D eigenvalue weighted by Crippen LogP contribution is -2.37. The van der Waals surface area contributed by atoms with Gasteiger partial charge >= 0.3 is 0 Å². The Kier molecular flexibility index (Phi) is 8.87. The number of thioether (sulfide) groups is 2. The van der Waals surface area contributed by atoms with Gasteiger partial charge in [0.1, 0.15) is 5.75 Å². The summed E-state index contributed by atoms with van der Waals surface area (Å²) in [7, 11) is 0. The van der Waals surface area contributed by atoms with Gasteiger partial charge in [-0.05, 0) is 37.3 Å². The monoisotopic (exact) mass is 473 g/mol. The molecule has 2 aromatic rings. The van der Waals surface area contributed by atoms with Crippen molar-refractivity contribution in [1.82, 2.24) is 4.90 Å². The minimum Gasteiger partial charge on any atom is -0.483 e. The molecule has 9 heteroatoms. The number of hydrogen-bond donors (Lipinski definition) is 2. The minimum atomic E-state index is -0.523. The highest BCUT2D eigenvalue weighted by atomic mass is 32.2. The third-order valence-electron chi connectivity index (χ3n) is 4.94. The van der Waals surface area contributed by atoms with E-state index in [-0.39, 0.29) is 24.8 Å². The summed E-state index contributed by atoms with van der Waals surface area (Å²) in [5, 5.41) is 2.76. The molecule has 0 atom stereocenters. The van der Waals surface area contributed by atoms with E-state index in [9.17, 15) is 14.4 Å². The highest BCUT2D eigenvalue weighted by Crippen LogP contribution is 2.48. The second kappa shape index (κ2) is 11.8. The van der Waals surface area contributed by atoms with E-state index in [2.05, 4.69) is 5.32 Å². The van der Waals surface area contributed by atoms with E-state index in [0.29, 0.717) is 28.9 Å². The Balaban J connectivity index is 1.48. The van der Waals surface area contributed by atoms with Crippen molar-refractivity contribution in [2.75, 3.05) is 36.5 Å². The van der Waals surface area contributed by atoms with E-state index >= 15 is 0 Å². The summed E-state index contributed by atoms with van der Waals surface area (Å²) in [6.07, 6.45) is 0.156. The number of nitrogens with two attached hydrogens (primary N) is 1. The van der Waals surface area contributed by atoms with Gasteiger partial charge in [0.05, 0.1) is 4.58 Å². The van der Waals surface area contributed by atoms with Crippen LogP contribution in [-0.4, -0.2) is 53.8 Å². The van der Waals surface area contributed by atoms with Crippen molar-refractivity contribution in [2.24, 2.45) is 5.73 Å². The molecule has 32 heavy (non-hydrogen) atoms. The molecule has 1 saturated heterocycles. The summed E-state index contributed by atoms with van der Waals surface area (Å²) in [4.78, 5) is 37.7. The number of rotatable bonds is 10. The SMILES string of the molecule is CCN(CCC(=O)Nc1ccc(C(N)=O)cc1)C(=O)COc1ccccc1C1SCCS1. The summed E-state index contributed by atoms with van der Waals surface area (Å²) in [5.74, 6) is 2.07. The predicted octanol–water partition coefficient (Wildman–Crippen LogP) is 3.52. The Bertz CT molecular complexity index is 947. The molecule has 0 unspecified atom stereocenters. The van der Waals surface area contributed by atoms with Gasteiger partial charge in [-0.15, -0.1) is 23.5 Å². The number of hydrogen-bond acceptors (Lipinski definition) is 6. The quantitative estimate of drug-likeness (QED) is 0.547. The van der Waals surface area contributed by atoms with Crippen LogP contribution in [0.5, 0.6) is 5.75 Å². The number of anilines is 1. The van der Waals surface area contributed by atoms with Crippen LogP contribution in [0.4, 0.5) is 5.69 Å². The van der Waals surface area contributed by atoms with Crippen LogP contribution in [0.25, 0.3) is 0 Å². The molecule has 3 N–H and O–H groups in total. The average Bonchev–Trinajstić information content (AvgIpc) is 3.33. The molecule has 0 saturated carbocycles. The van der Waals surface area contributed by atoms with Gasteiger partial charge in [0, 0.05) is 47.8 Å². The topological polar surface area (TPSA) is 102 Å². The molecule has 1 heterocycles. The van der Waals surface area contributed by atoms with Crippen LogP contribution >= 0.6 is 23.5 Å². The molecule has 7 nitrogen and oxygen atoms in total. The number of nitrogens with zero attached hydrogens (tertiary/aromatic N) is 1. The first-order valence-corrected chi connectivity index (χ1v) is 12.5. The number of likely N-dealkylation sites (N-methyl/N-ethyl adjacent to an activating group) is 1. The number of nitrogens with one attached hydrogen (secondary N) is 1. The number of ether oxygens (including phenoxy) is 1. The van der Waals surface area contributed by atoms with Crippen molar-refractivity contribution in [2.45, 2.75) is 17.9 Å². The highest BCUT2D eigenvalue weighted by Gasteiger charge is 2.22. The van der Waals surface area contributed by atoms with Gasteiger partial charge in [-0.2, -0.15) is 0 Å². The Morgan fingerprint density at radius 3 is 2.44 bits per heavy atom. The van der Waals surface area contributed by atoms with Crippen molar-refractivity contribution in [3.63, 3.8) is 0 Å². The van der Waals surface area contributed by atoms with Crippen molar-refractivity contribution in [1.29, 1.82) is 0 Å². The molecule has 3 amide bonds. The van der Waals surface area contributed by atoms with E-state index in [0.717, 1.165) is 22.8 Å². The first-order valence-electron chi connectivity index (χ1n) is 10.4. The number of para-hydroxylation sites is 1. The zero-order valence-corrected chi connectivity index (χ0v) is 19.5. The van der Waals surface area contributed by atoms with Crippen molar-refractivity contribution in [3.8, 4) is 5.75 Å². The Morgan fingerprint density at radius 2 is 1.78 bits per heavy atom. The van der Waals surface area contributed by atoms with Gasteiger partial charge < -0.3 is 20.7 Å². The van der Waals surface area contributed by atoms with Crippen LogP contribution in [0.1, 0.15) is 33.8 Å². The molecule has 0 radical (unpaired) electrons. The molecule has 0 aliphatic carbocycles. The summed E-state index contributed by atoms with van der Waals surface area (Å²) in [5.41, 5.74) is 7.26. The molecule has 1 aliphatic heterocycles. The molecule has 3 rings (SSSR count). The van der Waals surface area contributed by atoms with Gasteiger partial charge in [0.25, 0.3) is 5.91 Å². The zero-order chi connectivity index (χ0) is 22.9. The lowest BCUT2D eigenvalue weighted by molar-refractivity contribution is -0.133. The third kappa shape index (κ3) is 6.67. The molecule has 0 spiro atoms. The number of primary amides is 1. The molecule has 2 aromatic carbocycles. The molecular weight excluding hydrogens is 446 g/mol. The van der Waals surface area contributed by atoms with Crippen LogP contribution in [-0.2, 0) is 9.59 Å². The lowest BCUT2D eigenvalue weighted by atomic mass is 10.2. The minimum absolute atomic E-state index is 0.0664. The van der Waals surface area contributed by atoms with Crippen molar-refractivity contribution >= 4 is 46.9 Å². The molecule has 1 fully saturated rings. The summed E-state index contributed by atoms with van der Waals surface area (Å²) < 4.78 is 6.21. The van der Waals surface area contributed by atoms with Crippen LogP contribution in [0, 0.1) is 0 Å². The normalized spacial score (nSPS) is 13.5. The third-order valence-corrected chi connectivity index (χ3v) is 8.01. The first kappa shape index (κ1) is 24.0. The Morgan fingerprint density at radius 1 is 1.09 bits per heavy atom. The van der Waals surface area contributed by atoms with E-state index in [1.165, 1.54) is 0 Å². The van der Waals surface area contributed by atoms with Crippen molar-refractivity contribution < 1.29 is 19.1 Å². The largest absolute Gasteiger partial charge is 0.483 e. The maximum absolute atomic E-state index is 12.7. The summed E-state index contributed by atoms with van der Waals surface area (Å²) in [6, 6.07) is 14.2. The molecule has 1 aliphatic rings. The van der Waals surface area contributed by atoms with Gasteiger partial charge in [-0.1, -0.05) is 18.2 Å². The number of amides is 3. The standard InChI is InChI=1S/C23H27N3O4S2/c1-2-26(12-11-20(27)25-17-9-7-16(8-10-17)22(24)29)21(28)15-30-19-6-4-3-5-18(19)23-31-13-14-32-23/h3-10,23H,2,11-15H2,1H3,(H2,24,29)(H,25,27). The van der Waals surface area contributed by atoms with Crippen LogP contribution in [0.15, 0.2) is 48.5 Å². The molecule has 170 valence electrons. The fraction of sp³-hybridized carbons (Fsp3) is 0.348. The van der Waals surface area contributed by atoms with E-state index in [1.54, 1.807) is 29.2 Å². The maximum atomic E-state index is 12.7. The van der Waals surface area contributed by atoms with Gasteiger partial charge in [-0.3, -0.25) is 14.4 Å².